The van der Waals surface area contributed by atoms with Gasteiger partial charge in [0.15, 0.2) is 31.5 Å². The summed E-state index contributed by atoms with van der Waals surface area (Å²) in [5, 5.41) is 150. The highest BCUT2D eigenvalue weighted by molar-refractivity contribution is 5.79. The number of hydrogen-bond donors (Lipinski definition) is 16. The Morgan fingerprint density at radius 1 is 0.541 bits per heavy atom. The van der Waals surface area contributed by atoms with E-state index in [1.165, 1.54) is 21.0 Å². The van der Waals surface area contributed by atoms with E-state index in [0.29, 0.717) is 0 Å². The predicted molar refractivity (Wildman–Crippen MR) is 189 cm³/mol. The maximum atomic E-state index is 12.2. The van der Waals surface area contributed by atoms with Crippen LogP contribution in [-0.2, 0) is 52.2 Å². The van der Waals surface area contributed by atoms with E-state index in [-0.39, 0.29) is 0 Å². The third-order valence-corrected chi connectivity index (χ3v) is 11.4. The zero-order chi connectivity index (χ0) is 45.2. The molecule has 11 unspecified atom stereocenters. The Morgan fingerprint density at radius 3 is 1.39 bits per heavy atom. The predicted octanol–water partition coefficient (Wildman–Crippen LogP) is -10.8. The van der Waals surface area contributed by atoms with E-state index < -0.39 is 192 Å². The van der Waals surface area contributed by atoms with Gasteiger partial charge in [0.05, 0.1) is 44.6 Å². The zero-order valence-corrected chi connectivity index (χ0v) is 33.2. The number of aliphatic hydroxyl groups excluding tert-OH is 14. The molecular weight excluding hydrogens is 836 g/mol. The van der Waals surface area contributed by atoms with Gasteiger partial charge in [-0.05, 0) is 13.8 Å². The van der Waals surface area contributed by atoms with E-state index in [9.17, 15) is 76.3 Å². The quantitative estimate of drug-likeness (QED) is 0.0684. The Bertz CT molecular complexity index is 1380. The molecule has 27 nitrogen and oxygen atoms in total. The average Bonchev–Trinajstić information content (AvgIpc) is 3.24. The molecule has 5 rings (SSSR count). The van der Waals surface area contributed by atoms with Gasteiger partial charge in [0.25, 0.3) is 0 Å². The van der Waals surface area contributed by atoms with Crippen LogP contribution in [0.5, 0.6) is 0 Å². The van der Waals surface area contributed by atoms with Crippen molar-refractivity contribution in [2.75, 3.05) is 33.5 Å². The molecule has 61 heavy (non-hydrogen) atoms. The molecule has 5 aliphatic rings. The van der Waals surface area contributed by atoms with Crippen molar-refractivity contribution >= 4 is 5.91 Å². The van der Waals surface area contributed by atoms with Crippen LogP contribution in [0.3, 0.4) is 0 Å². The van der Waals surface area contributed by atoms with E-state index in [4.69, 9.17) is 53.1 Å². The lowest BCUT2D eigenvalue weighted by molar-refractivity contribution is -0.379. The van der Waals surface area contributed by atoms with Gasteiger partial charge in [-0.15, -0.1) is 0 Å². The molecular formula is C34H60N2O25. The van der Waals surface area contributed by atoms with E-state index >= 15 is 0 Å². The van der Waals surface area contributed by atoms with Crippen LogP contribution >= 0.6 is 0 Å². The van der Waals surface area contributed by atoms with Crippen LogP contribution in [0.25, 0.3) is 0 Å². The molecule has 0 aromatic heterocycles. The molecule has 1 amide bonds. The number of nitrogens with two attached hydrogens (primary N) is 1. The highest BCUT2D eigenvalue weighted by Gasteiger charge is 2.56. The van der Waals surface area contributed by atoms with Crippen molar-refractivity contribution in [2.45, 2.75) is 173 Å². The summed E-state index contributed by atoms with van der Waals surface area (Å²) in [6.07, 6.45) is -41.2. The minimum Gasteiger partial charge on any atom is -0.394 e. The number of hydrogen-bond acceptors (Lipinski definition) is 26. The second-order valence-electron chi connectivity index (χ2n) is 15.6. The third kappa shape index (κ3) is 11.0. The van der Waals surface area contributed by atoms with Gasteiger partial charge in [0, 0.05) is 7.11 Å². The van der Waals surface area contributed by atoms with Crippen LogP contribution in [0.2, 0.25) is 0 Å². The average molecular weight is 897 g/mol. The number of carbonyl (C=O) groups is 1. The first kappa shape index (κ1) is 50.5. The van der Waals surface area contributed by atoms with Crippen molar-refractivity contribution < 1.29 is 124 Å². The minimum absolute atomic E-state index is 0.673. The smallest absolute Gasteiger partial charge is 0.234 e. The van der Waals surface area contributed by atoms with E-state index in [2.05, 4.69) is 5.32 Å². The number of methoxy groups -OCH3 is 1. The summed E-state index contributed by atoms with van der Waals surface area (Å²) in [6, 6.07) is -2.56. The number of amides is 1. The molecule has 0 bridgehead atoms. The fourth-order valence-electron chi connectivity index (χ4n) is 7.50. The van der Waals surface area contributed by atoms with Crippen LogP contribution in [0, 0.1) is 0 Å². The minimum atomic E-state index is -2.07. The van der Waals surface area contributed by atoms with Crippen molar-refractivity contribution in [1.29, 1.82) is 0 Å². The van der Waals surface area contributed by atoms with E-state index in [1.807, 2.05) is 0 Å². The van der Waals surface area contributed by atoms with Crippen molar-refractivity contribution in [3.63, 3.8) is 0 Å². The number of nitrogens with one attached hydrogen (secondary N) is 1. The van der Waals surface area contributed by atoms with Crippen molar-refractivity contribution in [2.24, 2.45) is 5.73 Å². The molecule has 356 valence electrons. The molecule has 0 aliphatic carbocycles. The van der Waals surface area contributed by atoms with Crippen LogP contribution < -0.4 is 11.1 Å². The molecule has 5 fully saturated rings. The molecule has 0 aromatic rings. The van der Waals surface area contributed by atoms with Gasteiger partial charge >= 0.3 is 0 Å². The summed E-state index contributed by atoms with van der Waals surface area (Å²) in [4.78, 5) is 12.2. The molecule has 0 spiro atoms. The Morgan fingerprint density at radius 2 is 0.934 bits per heavy atom. The molecule has 5 heterocycles. The summed E-state index contributed by atoms with van der Waals surface area (Å²) in [7, 11) is 1.18. The normalized spacial score (nSPS) is 50.3. The monoisotopic (exact) mass is 896 g/mol. The largest absolute Gasteiger partial charge is 0.394 e. The van der Waals surface area contributed by atoms with Gasteiger partial charge in [-0.25, -0.2) is 0 Å². The third-order valence-electron chi connectivity index (χ3n) is 11.4. The van der Waals surface area contributed by atoms with Crippen molar-refractivity contribution in [3.8, 4) is 0 Å². The van der Waals surface area contributed by atoms with E-state index in [1.54, 1.807) is 0 Å². The van der Waals surface area contributed by atoms with E-state index in [0.717, 1.165) is 0 Å². The number of primary amides is 1. The van der Waals surface area contributed by atoms with Gasteiger partial charge in [-0.2, -0.15) is 0 Å². The molecule has 0 radical (unpaired) electrons. The number of rotatable bonds is 16. The van der Waals surface area contributed by atoms with Crippen LogP contribution in [0.1, 0.15) is 13.8 Å². The standard InChI is InChI=1S/C34H60N2O25/c1-8(29(35)51)36-14-28(61-34-26(50)22(46)18(42)13(59-34)7-54-32-24(48)20(44)16(40)10(4-37)56-32)27(11(5-38)57-30(14)52-3)60-33-25(49)21(45)17(41)12(58-33)6-53-31-23(47)19(43)15(39)9(2)55-31/h8-28,30-34,36-50H,4-7H2,1-3H3,(H2,35,51)/t8?,9?,10?,11?,12?,13?,14?,15-,16+,17+,18+,19?,20-,21-,22-,23-,24?,25?,26?,27-,28+,30+,31+,32-,33+,34-/m0/s1. The lowest BCUT2D eigenvalue weighted by Gasteiger charge is -2.50. The molecule has 5 saturated heterocycles. The molecule has 0 saturated carbocycles. The zero-order valence-electron chi connectivity index (χ0n) is 33.2. The first-order valence-corrected chi connectivity index (χ1v) is 19.5. The topological polar surface area (TPSA) is 431 Å². The Balaban J connectivity index is 1.40. The highest BCUT2D eigenvalue weighted by atomic mass is 16.8. The molecule has 26 atom stereocenters. The number of ether oxygens (including phenoxy) is 10. The fraction of sp³-hybridized carbons (Fsp3) is 0.971. The molecule has 17 N–H and O–H groups in total. The SMILES string of the molecule is CO[C@@H]1OC(CO)[C@H](O[C@H]2OC(CO[C@@H]3OC(C)[C@H](O)C(O)[C@@H]3O)[C@@H](O)[C@H](O)C2O)[C@H](O[C@@H]2OC(CO[C@H]3OC(CO)[C@@H](O)[C@H](O)C3O)[C@@H](O)[C@H](O)C2O)C1NC(C)C(N)=O. The lowest BCUT2D eigenvalue weighted by atomic mass is 9.94. The molecule has 5 aliphatic heterocycles. The second kappa shape index (κ2) is 21.6. The first-order chi connectivity index (χ1) is 28.7. The van der Waals surface area contributed by atoms with Crippen LogP contribution in [-0.4, -0.2) is 270 Å². The van der Waals surface area contributed by atoms with Crippen LogP contribution in [0.4, 0.5) is 0 Å². The Labute approximate surface area is 347 Å². The summed E-state index contributed by atoms with van der Waals surface area (Å²) >= 11 is 0. The highest BCUT2D eigenvalue weighted by Crippen LogP contribution is 2.35. The summed E-state index contributed by atoms with van der Waals surface area (Å²) < 4.78 is 57.0. The summed E-state index contributed by atoms with van der Waals surface area (Å²) in [5.41, 5.74) is 5.52. The van der Waals surface area contributed by atoms with Crippen molar-refractivity contribution in [3.05, 3.63) is 0 Å². The van der Waals surface area contributed by atoms with Crippen molar-refractivity contribution in [1.82, 2.24) is 5.32 Å². The lowest BCUT2D eigenvalue weighted by Crippen LogP contribution is -2.70. The Hall–Kier alpha value is -1.53. The number of carbonyl (C=O) groups excluding carboxylic acids is 1. The maximum absolute atomic E-state index is 12.2. The second-order valence-corrected chi connectivity index (χ2v) is 15.6. The Kier molecular flexibility index (Phi) is 17.9. The number of aliphatic hydroxyl groups is 14. The fourth-order valence-corrected chi connectivity index (χ4v) is 7.50. The van der Waals surface area contributed by atoms with Gasteiger partial charge in [-0.1, -0.05) is 0 Å². The molecule has 27 heteroatoms. The van der Waals surface area contributed by atoms with Gasteiger partial charge < -0.3 is 125 Å². The summed E-state index contributed by atoms with van der Waals surface area (Å²) in [5.74, 6) is -0.886. The molecule has 0 aromatic carbocycles. The van der Waals surface area contributed by atoms with Gasteiger partial charge in [0.1, 0.15) is 110 Å². The maximum Gasteiger partial charge on any atom is 0.234 e. The van der Waals surface area contributed by atoms with Gasteiger partial charge in [0.2, 0.25) is 5.91 Å². The summed E-state index contributed by atoms with van der Waals surface area (Å²) in [6.45, 7) is -0.328. The van der Waals surface area contributed by atoms with Crippen LogP contribution in [0.15, 0.2) is 0 Å². The van der Waals surface area contributed by atoms with Gasteiger partial charge in [-0.3, -0.25) is 10.1 Å². The first-order valence-electron chi connectivity index (χ1n) is 19.5.